The smallest absolute Gasteiger partial charge is 0.0642 e. The highest BCUT2D eigenvalue weighted by Crippen LogP contribution is 2.23. The number of nitrogens with one attached hydrogen (secondary N) is 3. The van der Waals surface area contributed by atoms with Crippen LogP contribution in [-0.2, 0) is 4.74 Å². The Balaban J connectivity index is 1.32. The maximum Gasteiger partial charge on any atom is 0.0642 e. The van der Waals surface area contributed by atoms with Crippen molar-refractivity contribution in [2.45, 2.75) is 6.92 Å². The number of benzene rings is 3. The molecule has 0 bridgehead atoms. The van der Waals surface area contributed by atoms with Gasteiger partial charge in [0, 0.05) is 30.2 Å². The Bertz CT molecular complexity index is 887. The van der Waals surface area contributed by atoms with E-state index in [2.05, 4.69) is 76.5 Å². The number of ether oxygens (including phenoxy) is 1. The van der Waals surface area contributed by atoms with Gasteiger partial charge in [0.05, 0.1) is 24.6 Å². The second kappa shape index (κ2) is 8.67. The summed E-state index contributed by atoms with van der Waals surface area (Å²) >= 11 is 0. The summed E-state index contributed by atoms with van der Waals surface area (Å²) < 4.78 is 5.42. The molecule has 3 aromatic carbocycles. The second-order valence-corrected chi connectivity index (χ2v) is 6.97. The van der Waals surface area contributed by atoms with Gasteiger partial charge in [0.2, 0.25) is 0 Å². The molecule has 0 amide bonds. The SMILES string of the molecule is Cc1cccc(NNc2ccc(Nc3ccc(N4CCOCC4)cc3)cc2)c1. The number of aryl methyl sites for hydroxylation is 1. The van der Waals surface area contributed by atoms with Gasteiger partial charge in [-0.25, -0.2) is 0 Å². The van der Waals surface area contributed by atoms with Crippen LogP contribution in [0.5, 0.6) is 0 Å². The lowest BCUT2D eigenvalue weighted by molar-refractivity contribution is 0.122. The summed E-state index contributed by atoms with van der Waals surface area (Å²) in [6, 6.07) is 25.1. The Hall–Kier alpha value is -3.18. The molecule has 28 heavy (non-hydrogen) atoms. The minimum Gasteiger partial charge on any atom is -0.378 e. The molecule has 3 N–H and O–H groups in total. The lowest BCUT2D eigenvalue weighted by atomic mass is 10.2. The molecule has 144 valence electrons. The van der Waals surface area contributed by atoms with Gasteiger partial charge in [-0.15, -0.1) is 0 Å². The van der Waals surface area contributed by atoms with Crippen molar-refractivity contribution >= 4 is 28.4 Å². The summed E-state index contributed by atoms with van der Waals surface area (Å²) in [5.74, 6) is 0. The monoisotopic (exact) mass is 374 g/mol. The van der Waals surface area contributed by atoms with E-state index >= 15 is 0 Å². The first-order valence-corrected chi connectivity index (χ1v) is 9.65. The highest BCUT2D eigenvalue weighted by Gasteiger charge is 2.10. The molecule has 1 heterocycles. The van der Waals surface area contributed by atoms with E-state index in [-0.39, 0.29) is 0 Å². The van der Waals surface area contributed by atoms with Gasteiger partial charge in [0.15, 0.2) is 0 Å². The van der Waals surface area contributed by atoms with Gasteiger partial charge in [-0.3, -0.25) is 0 Å². The predicted octanol–water partition coefficient (Wildman–Crippen LogP) is 5.01. The van der Waals surface area contributed by atoms with Crippen molar-refractivity contribution in [3.63, 3.8) is 0 Å². The van der Waals surface area contributed by atoms with E-state index in [0.717, 1.165) is 49.1 Å². The normalized spacial score (nSPS) is 13.8. The number of hydrazine groups is 1. The zero-order chi connectivity index (χ0) is 19.2. The summed E-state index contributed by atoms with van der Waals surface area (Å²) in [6.07, 6.45) is 0. The van der Waals surface area contributed by atoms with Crippen LogP contribution >= 0.6 is 0 Å². The van der Waals surface area contributed by atoms with Gasteiger partial charge in [-0.05, 0) is 73.2 Å². The van der Waals surface area contributed by atoms with Crippen LogP contribution in [0.2, 0.25) is 0 Å². The Kier molecular flexibility index (Phi) is 5.64. The number of morpholine rings is 1. The molecule has 0 atom stereocenters. The summed E-state index contributed by atoms with van der Waals surface area (Å²) in [7, 11) is 0. The maximum absolute atomic E-state index is 5.42. The Morgan fingerprint density at radius 2 is 1.32 bits per heavy atom. The van der Waals surface area contributed by atoms with Crippen molar-refractivity contribution in [2.75, 3.05) is 47.4 Å². The van der Waals surface area contributed by atoms with E-state index in [1.54, 1.807) is 0 Å². The molecule has 3 aromatic rings. The van der Waals surface area contributed by atoms with Crippen molar-refractivity contribution in [2.24, 2.45) is 0 Å². The first kappa shape index (κ1) is 18.2. The number of rotatable bonds is 6. The van der Waals surface area contributed by atoms with Gasteiger partial charge >= 0.3 is 0 Å². The lowest BCUT2D eigenvalue weighted by Gasteiger charge is -2.28. The summed E-state index contributed by atoms with van der Waals surface area (Å²) in [5, 5.41) is 3.45. The van der Waals surface area contributed by atoms with Crippen molar-refractivity contribution in [1.82, 2.24) is 0 Å². The highest BCUT2D eigenvalue weighted by atomic mass is 16.5. The molecular weight excluding hydrogens is 348 g/mol. The van der Waals surface area contributed by atoms with Crippen LogP contribution in [0, 0.1) is 6.92 Å². The average Bonchev–Trinajstić information content (AvgIpc) is 2.75. The average molecular weight is 374 g/mol. The largest absolute Gasteiger partial charge is 0.378 e. The van der Waals surface area contributed by atoms with E-state index in [4.69, 9.17) is 4.74 Å². The highest BCUT2D eigenvalue weighted by molar-refractivity contribution is 5.65. The molecule has 1 aliphatic rings. The summed E-state index contributed by atoms with van der Waals surface area (Å²) in [6.45, 7) is 5.60. The quantitative estimate of drug-likeness (QED) is 0.529. The molecule has 0 aromatic heterocycles. The van der Waals surface area contributed by atoms with Gasteiger partial charge in [0.25, 0.3) is 0 Å². The van der Waals surface area contributed by atoms with Crippen molar-refractivity contribution < 1.29 is 4.74 Å². The van der Waals surface area contributed by atoms with Crippen molar-refractivity contribution in [1.29, 1.82) is 0 Å². The predicted molar refractivity (Wildman–Crippen MR) is 118 cm³/mol. The fourth-order valence-corrected chi connectivity index (χ4v) is 3.25. The first-order chi connectivity index (χ1) is 13.8. The van der Waals surface area contributed by atoms with Gasteiger partial charge < -0.3 is 25.8 Å². The van der Waals surface area contributed by atoms with Crippen LogP contribution in [0.25, 0.3) is 0 Å². The molecule has 0 spiro atoms. The van der Waals surface area contributed by atoms with Crippen LogP contribution in [0.3, 0.4) is 0 Å². The van der Waals surface area contributed by atoms with Crippen LogP contribution in [0.4, 0.5) is 28.4 Å². The molecule has 1 saturated heterocycles. The Morgan fingerprint density at radius 1 is 0.714 bits per heavy atom. The number of nitrogens with zero attached hydrogens (tertiary/aromatic N) is 1. The zero-order valence-corrected chi connectivity index (χ0v) is 16.1. The van der Waals surface area contributed by atoms with Gasteiger partial charge in [0.1, 0.15) is 0 Å². The molecule has 0 unspecified atom stereocenters. The van der Waals surface area contributed by atoms with Gasteiger partial charge in [-0.2, -0.15) is 0 Å². The fraction of sp³-hybridized carbons (Fsp3) is 0.217. The molecule has 1 fully saturated rings. The van der Waals surface area contributed by atoms with E-state index in [1.165, 1.54) is 11.3 Å². The van der Waals surface area contributed by atoms with E-state index in [0.29, 0.717) is 0 Å². The molecule has 1 aliphatic heterocycles. The third-order valence-electron chi connectivity index (χ3n) is 4.79. The van der Waals surface area contributed by atoms with Crippen LogP contribution in [0.15, 0.2) is 72.8 Å². The Morgan fingerprint density at radius 3 is 2.00 bits per heavy atom. The number of hydrogen-bond acceptors (Lipinski definition) is 5. The third kappa shape index (κ3) is 4.75. The minimum absolute atomic E-state index is 0.805. The van der Waals surface area contributed by atoms with E-state index in [1.807, 2.05) is 24.3 Å². The van der Waals surface area contributed by atoms with Crippen LogP contribution in [0.1, 0.15) is 5.56 Å². The van der Waals surface area contributed by atoms with E-state index in [9.17, 15) is 0 Å². The summed E-state index contributed by atoms with van der Waals surface area (Å²) in [5.41, 5.74) is 13.1. The van der Waals surface area contributed by atoms with Crippen molar-refractivity contribution in [3.05, 3.63) is 78.4 Å². The zero-order valence-electron chi connectivity index (χ0n) is 16.1. The third-order valence-corrected chi connectivity index (χ3v) is 4.79. The Labute approximate surface area is 166 Å². The van der Waals surface area contributed by atoms with Gasteiger partial charge in [-0.1, -0.05) is 12.1 Å². The molecule has 5 nitrogen and oxygen atoms in total. The summed E-state index contributed by atoms with van der Waals surface area (Å²) in [4.78, 5) is 2.36. The van der Waals surface area contributed by atoms with E-state index < -0.39 is 0 Å². The lowest BCUT2D eigenvalue weighted by Crippen LogP contribution is -2.36. The van der Waals surface area contributed by atoms with Crippen LogP contribution < -0.4 is 21.1 Å². The molecule has 0 saturated carbocycles. The first-order valence-electron chi connectivity index (χ1n) is 9.65. The second-order valence-electron chi connectivity index (χ2n) is 6.97. The molecule has 5 heteroatoms. The fourth-order valence-electron chi connectivity index (χ4n) is 3.25. The number of hydrogen-bond donors (Lipinski definition) is 3. The molecule has 0 radical (unpaired) electrons. The molecule has 0 aliphatic carbocycles. The maximum atomic E-state index is 5.42. The standard InChI is InChI=1S/C23H26N4O/c1-18-3-2-4-22(17-18)26-25-21-7-5-19(6-8-21)24-20-9-11-23(12-10-20)27-13-15-28-16-14-27/h2-12,17,24-26H,13-16H2,1H3. The topological polar surface area (TPSA) is 48.6 Å². The number of anilines is 5. The minimum atomic E-state index is 0.805. The molecular formula is C23H26N4O. The molecule has 4 rings (SSSR count). The van der Waals surface area contributed by atoms with Crippen molar-refractivity contribution in [3.8, 4) is 0 Å². The van der Waals surface area contributed by atoms with Crippen LogP contribution in [-0.4, -0.2) is 26.3 Å².